The second-order valence-corrected chi connectivity index (χ2v) is 6.91. The number of nitrogens with one attached hydrogen (secondary N) is 2. The summed E-state index contributed by atoms with van der Waals surface area (Å²) in [5, 5.41) is 6.48. The van der Waals surface area contributed by atoms with E-state index in [0.717, 1.165) is 11.4 Å². The van der Waals surface area contributed by atoms with Crippen molar-refractivity contribution in [3.8, 4) is 0 Å². The standard InChI is InChI=1S/C21H27N3O2/c1-16(17-5-3-2-4-6-17)23-18-7-9-19(10-8-18)24-20(25)21(15-22)11-13-26-14-12-21/h2-10,16,23H,11-15,22H2,1H3,(H,24,25). The zero-order valence-corrected chi connectivity index (χ0v) is 15.2. The number of hydrogen-bond acceptors (Lipinski definition) is 4. The van der Waals surface area contributed by atoms with Crippen molar-refractivity contribution in [2.75, 3.05) is 30.4 Å². The van der Waals surface area contributed by atoms with Crippen LogP contribution in [0.1, 0.15) is 31.4 Å². The number of ether oxygens (including phenoxy) is 1. The minimum absolute atomic E-state index is 0.0123. The summed E-state index contributed by atoms with van der Waals surface area (Å²) in [5.41, 5.74) is 8.41. The highest BCUT2D eigenvalue weighted by molar-refractivity contribution is 5.95. The Morgan fingerprint density at radius 3 is 2.31 bits per heavy atom. The molecule has 3 rings (SSSR count). The lowest BCUT2D eigenvalue weighted by Crippen LogP contribution is -2.46. The minimum atomic E-state index is -0.517. The van der Waals surface area contributed by atoms with Gasteiger partial charge in [0.1, 0.15) is 0 Å². The highest BCUT2D eigenvalue weighted by Crippen LogP contribution is 2.31. The average molecular weight is 353 g/mol. The zero-order valence-electron chi connectivity index (χ0n) is 15.2. The molecule has 1 atom stereocenters. The Labute approximate surface area is 154 Å². The Morgan fingerprint density at radius 2 is 1.69 bits per heavy atom. The molecule has 0 aromatic heterocycles. The minimum Gasteiger partial charge on any atom is -0.381 e. The van der Waals surface area contributed by atoms with Gasteiger partial charge in [-0.25, -0.2) is 0 Å². The van der Waals surface area contributed by atoms with Crippen molar-refractivity contribution in [3.05, 3.63) is 60.2 Å². The summed E-state index contributed by atoms with van der Waals surface area (Å²) in [5.74, 6) is -0.0123. The summed E-state index contributed by atoms with van der Waals surface area (Å²) >= 11 is 0. The van der Waals surface area contributed by atoms with E-state index in [-0.39, 0.29) is 11.9 Å². The molecule has 5 nitrogen and oxygen atoms in total. The van der Waals surface area contributed by atoms with E-state index in [4.69, 9.17) is 10.5 Å². The fraction of sp³-hybridized carbons (Fsp3) is 0.381. The summed E-state index contributed by atoms with van der Waals surface area (Å²) in [6.07, 6.45) is 1.34. The van der Waals surface area contributed by atoms with Gasteiger partial charge in [0.25, 0.3) is 0 Å². The van der Waals surface area contributed by atoms with E-state index in [1.807, 2.05) is 42.5 Å². The van der Waals surface area contributed by atoms with Crippen molar-refractivity contribution in [3.63, 3.8) is 0 Å². The van der Waals surface area contributed by atoms with E-state index < -0.39 is 5.41 Å². The maximum Gasteiger partial charge on any atom is 0.232 e. The molecule has 5 heteroatoms. The first-order valence-electron chi connectivity index (χ1n) is 9.14. The zero-order chi connectivity index (χ0) is 18.4. The first-order valence-corrected chi connectivity index (χ1v) is 9.14. The van der Waals surface area contributed by atoms with E-state index in [1.54, 1.807) is 0 Å². The molecular weight excluding hydrogens is 326 g/mol. The summed E-state index contributed by atoms with van der Waals surface area (Å²) in [6.45, 7) is 3.65. The van der Waals surface area contributed by atoms with Gasteiger partial charge >= 0.3 is 0 Å². The van der Waals surface area contributed by atoms with Gasteiger partial charge in [0.05, 0.1) is 5.41 Å². The van der Waals surface area contributed by atoms with E-state index >= 15 is 0 Å². The molecule has 1 amide bonds. The van der Waals surface area contributed by atoms with Crippen LogP contribution < -0.4 is 16.4 Å². The maximum atomic E-state index is 12.7. The monoisotopic (exact) mass is 353 g/mol. The predicted molar refractivity (Wildman–Crippen MR) is 105 cm³/mol. The molecule has 1 saturated heterocycles. The number of carbonyl (C=O) groups is 1. The topological polar surface area (TPSA) is 76.4 Å². The van der Waals surface area contributed by atoms with Gasteiger partial charge in [0, 0.05) is 37.2 Å². The van der Waals surface area contributed by atoms with Crippen molar-refractivity contribution in [1.82, 2.24) is 0 Å². The average Bonchev–Trinajstić information content (AvgIpc) is 2.70. The number of nitrogens with two attached hydrogens (primary N) is 1. The third kappa shape index (κ3) is 4.23. The lowest BCUT2D eigenvalue weighted by atomic mass is 9.79. The van der Waals surface area contributed by atoms with Gasteiger partial charge in [-0.2, -0.15) is 0 Å². The van der Waals surface area contributed by atoms with E-state index in [0.29, 0.717) is 32.6 Å². The van der Waals surface area contributed by atoms with Crippen molar-refractivity contribution in [1.29, 1.82) is 0 Å². The SMILES string of the molecule is CC(Nc1ccc(NC(=O)C2(CN)CCOCC2)cc1)c1ccccc1. The number of benzene rings is 2. The first kappa shape index (κ1) is 18.4. The third-order valence-corrected chi connectivity index (χ3v) is 5.15. The molecule has 1 fully saturated rings. The van der Waals surface area contributed by atoms with Crippen LogP contribution in [0.3, 0.4) is 0 Å². The van der Waals surface area contributed by atoms with Crippen LogP contribution in [0, 0.1) is 5.41 Å². The molecule has 2 aromatic carbocycles. The lowest BCUT2D eigenvalue weighted by molar-refractivity contribution is -0.130. The summed E-state index contributed by atoms with van der Waals surface area (Å²) in [7, 11) is 0. The van der Waals surface area contributed by atoms with Gasteiger partial charge in [-0.15, -0.1) is 0 Å². The van der Waals surface area contributed by atoms with Gasteiger partial charge in [-0.05, 0) is 49.6 Å². The summed E-state index contributed by atoms with van der Waals surface area (Å²) in [4.78, 5) is 12.7. The Morgan fingerprint density at radius 1 is 1.08 bits per heavy atom. The van der Waals surface area contributed by atoms with Crippen molar-refractivity contribution >= 4 is 17.3 Å². The van der Waals surface area contributed by atoms with E-state index in [9.17, 15) is 4.79 Å². The molecule has 0 saturated carbocycles. The van der Waals surface area contributed by atoms with E-state index in [1.165, 1.54) is 5.56 Å². The molecule has 0 aliphatic carbocycles. The van der Waals surface area contributed by atoms with Gasteiger partial charge in [-0.3, -0.25) is 4.79 Å². The first-order chi connectivity index (χ1) is 12.6. The molecule has 0 spiro atoms. The molecule has 1 heterocycles. The molecule has 1 unspecified atom stereocenters. The number of rotatable bonds is 6. The number of carbonyl (C=O) groups excluding carboxylic acids is 1. The maximum absolute atomic E-state index is 12.7. The molecule has 4 N–H and O–H groups in total. The van der Waals surface area contributed by atoms with Crippen molar-refractivity contribution in [2.24, 2.45) is 11.1 Å². The molecule has 0 radical (unpaired) electrons. The number of amides is 1. The normalized spacial score (nSPS) is 17.3. The third-order valence-electron chi connectivity index (χ3n) is 5.15. The van der Waals surface area contributed by atoms with Crippen LogP contribution >= 0.6 is 0 Å². The predicted octanol–water partition coefficient (Wildman–Crippen LogP) is 3.55. The second kappa shape index (κ2) is 8.34. The molecule has 138 valence electrons. The summed E-state index contributed by atoms with van der Waals surface area (Å²) in [6, 6.07) is 18.3. The highest BCUT2D eigenvalue weighted by atomic mass is 16.5. The van der Waals surface area contributed by atoms with Crippen LogP contribution in [-0.2, 0) is 9.53 Å². The largest absolute Gasteiger partial charge is 0.381 e. The van der Waals surface area contributed by atoms with Crippen LogP contribution in [-0.4, -0.2) is 25.7 Å². The van der Waals surface area contributed by atoms with Crippen LogP contribution in [0.25, 0.3) is 0 Å². The Bertz CT molecular complexity index is 710. The Balaban J connectivity index is 1.61. The fourth-order valence-electron chi connectivity index (χ4n) is 3.27. The molecular formula is C21H27N3O2. The smallest absolute Gasteiger partial charge is 0.232 e. The van der Waals surface area contributed by atoms with Gasteiger partial charge in [-0.1, -0.05) is 30.3 Å². The van der Waals surface area contributed by atoms with Gasteiger partial charge in [0.15, 0.2) is 0 Å². The van der Waals surface area contributed by atoms with E-state index in [2.05, 4.69) is 29.7 Å². The Kier molecular flexibility index (Phi) is 5.91. The summed E-state index contributed by atoms with van der Waals surface area (Å²) < 4.78 is 5.37. The molecule has 2 aromatic rings. The van der Waals surface area contributed by atoms with Crippen LogP contribution in [0.5, 0.6) is 0 Å². The quantitative estimate of drug-likeness (QED) is 0.742. The second-order valence-electron chi connectivity index (χ2n) is 6.91. The molecule has 1 aliphatic heterocycles. The molecule has 1 aliphatic rings. The van der Waals surface area contributed by atoms with Gasteiger partial charge < -0.3 is 21.1 Å². The Hall–Kier alpha value is -2.37. The van der Waals surface area contributed by atoms with Crippen molar-refractivity contribution < 1.29 is 9.53 Å². The van der Waals surface area contributed by atoms with Crippen LogP contribution in [0.2, 0.25) is 0 Å². The van der Waals surface area contributed by atoms with Crippen LogP contribution in [0.15, 0.2) is 54.6 Å². The number of anilines is 2. The molecule has 26 heavy (non-hydrogen) atoms. The molecule has 0 bridgehead atoms. The number of hydrogen-bond donors (Lipinski definition) is 3. The fourth-order valence-corrected chi connectivity index (χ4v) is 3.27. The van der Waals surface area contributed by atoms with Crippen LogP contribution in [0.4, 0.5) is 11.4 Å². The lowest BCUT2D eigenvalue weighted by Gasteiger charge is -2.34. The van der Waals surface area contributed by atoms with Gasteiger partial charge in [0.2, 0.25) is 5.91 Å². The van der Waals surface area contributed by atoms with Crippen molar-refractivity contribution in [2.45, 2.75) is 25.8 Å². The highest BCUT2D eigenvalue weighted by Gasteiger charge is 2.38.